The van der Waals surface area contributed by atoms with Gasteiger partial charge in [0.25, 0.3) is 0 Å². The van der Waals surface area contributed by atoms with Gasteiger partial charge in [0.2, 0.25) is 0 Å². The normalized spacial score (nSPS) is 16.4. The van der Waals surface area contributed by atoms with Crippen molar-refractivity contribution in [3.05, 3.63) is 89.5 Å². The summed E-state index contributed by atoms with van der Waals surface area (Å²) in [6.45, 7) is 0. The third-order valence-electron chi connectivity index (χ3n) is 6.30. The third kappa shape index (κ3) is 3.25. The molecule has 2 aliphatic carbocycles. The Morgan fingerprint density at radius 3 is 1.93 bits per heavy atom. The minimum absolute atomic E-state index is 0.908. The van der Waals surface area contributed by atoms with Crippen molar-refractivity contribution >= 4 is 6.08 Å². The zero-order valence-electron chi connectivity index (χ0n) is 15.8. The van der Waals surface area contributed by atoms with E-state index in [4.69, 9.17) is 0 Å². The number of hydrogen-bond acceptors (Lipinski definition) is 0. The number of rotatable bonds is 4. The van der Waals surface area contributed by atoms with E-state index >= 15 is 0 Å². The van der Waals surface area contributed by atoms with E-state index in [0.29, 0.717) is 0 Å². The predicted octanol–water partition coefficient (Wildman–Crippen LogP) is 7.54. The van der Waals surface area contributed by atoms with Gasteiger partial charge < -0.3 is 0 Å². The lowest BCUT2D eigenvalue weighted by molar-refractivity contribution is 0.541. The molecule has 0 aromatic heterocycles. The van der Waals surface area contributed by atoms with Gasteiger partial charge in [0, 0.05) is 0 Å². The van der Waals surface area contributed by atoms with Gasteiger partial charge in [0.1, 0.15) is 0 Å². The SMILES string of the molecule is C1=C(CC2CCCC2)Cc2c(-c3ccccc3)ccc(-c3ccccc3)c21. The van der Waals surface area contributed by atoms with Crippen LogP contribution in [0.5, 0.6) is 0 Å². The van der Waals surface area contributed by atoms with Gasteiger partial charge >= 0.3 is 0 Å². The summed E-state index contributed by atoms with van der Waals surface area (Å²) < 4.78 is 0. The summed E-state index contributed by atoms with van der Waals surface area (Å²) >= 11 is 0. The van der Waals surface area contributed by atoms with Crippen LogP contribution in [0.3, 0.4) is 0 Å². The van der Waals surface area contributed by atoms with Crippen LogP contribution >= 0.6 is 0 Å². The molecule has 0 amide bonds. The molecule has 27 heavy (non-hydrogen) atoms. The van der Waals surface area contributed by atoms with E-state index in [1.54, 1.807) is 5.57 Å². The van der Waals surface area contributed by atoms with E-state index in [1.165, 1.54) is 65.5 Å². The molecule has 0 bridgehead atoms. The second-order valence-electron chi connectivity index (χ2n) is 8.12. The van der Waals surface area contributed by atoms with Crippen LogP contribution in [0.2, 0.25) is 0 Å². The van der Waals surface area contributed by atoms with Gasteiger partial charge in [-0.3, -0.25) is 0 Å². The van der Waals surface area contributed by atoms with Gasteiger partial charge in [-0.05, 0) is 52.1 Å². The smallest absolute Gasteiger partial charge is 0.00513 e. The van der Waals surface area contributed by atoms with Gasteiger partial charge in [-0.15, -0.1) is 0 Å². The lowest BCUT2D eigenvalue weighted by atomic mass is 9.90. The van der Waals surface area contributed by atoms with Gasteiger partial charge in [0.15, 0.2) is 0 Å². The minimum Gasteiger partial charge on any atom is -0.0649 e. The molecule has 3 aromatic rings. The molecule has 5 rings (SSSR count). The zero-order valence-corrected chi connectivity index (χ0v) is 15.8. The van der Waals surface area contributed by atoms with Crippen LogP contribution in [0.1, 0.15) is 43.2 Å². The first-order valence-electron chi connectivity index (χ1n) is 10.3. The maximum Gasteiger partial charge on any atom is -0.00513 e. The monoisotopic (exact) mass is 350 g/mol. The zero-order chi connectivity index (χ0) is 18.1. The fourth-order valence-electron chi connectivity index (χ4n) is 4.98. The number of allylic oxidation sites excluding steroid dienone is 1. The lowest BCUT2D eigenvalue weighted by Gasteiger charge is -2.14. The molecule has 0 radical (unpaired) electrons. The topological polar surface area (TPSA) is 0 Å². The molecule has 0 atom stereocenters. The Bertz CT molecular complexity index is 958. The van der Waals surface area contributed by atoms with E-state index in [1.807, 2.05) is 0 Å². The van der Waals surface area contributed by atoms with Gasteiger partial charge in [-0.2, -0.15) is 0 Å². The Kier molecular flexibility index (Phi) is 4.41. The van der Waals surface area contributed by atoms with E-state index in [9.17, 15) is 0 Å². The number of hydrogen-bond donors (Lipinski definition) is 0. The van der Waals surface area contributed by atoms with Crippen molar-refractivity contribution in [3.63, 3.8) is 0 Å². The Hall–Kier alpha value is -2.60. The van der Waals surface area contributed by atoms with Crippen LogP contribution in [0, 0.1) is 5.92 Å². The third-order valence-corrected chi connectivity index (χ3v) is 6.30. The van der Waals surface area contributed by atoms with Crippen molar-refractivity contribution in [2.75, 3.05) is 0 Å². The molecule has 134 valence electrons. The molecule has 0 heteroatoms. The molecule has 0 aliphatic heterocycles. The summed E-state index contributed by atoms with van der Waals surface area (Å²) in [6, 6.07) is 26.4. The Balaban J connectivity index is 1.59. The fraction of sp³-hybridized carbons (Fsp3) is 0.259. The van der Waals surface area contributed by atoms with Crippen molar-refractivity contribution in [1.29, 1.82) is 0 Å². The second kappa shape index (κ2) is 7.19. The average Bonchev–Trinajstić information content (AvgIpc) is 3.38. The van der Waals surface area contributed by atoms with E-state index in [0.717, 1.165) is 12.3 Å². The van der Waals surface area contributed by atoms with Crippen molar-refractivity contribution in [3.8, 4) is 22.3 Å². The average molecular weight is 351 g/mol. The largest absolute Gasteiger partial charge is 0.0649 e. The van der Waals surface area contributed by atoms with Crippen molar-refractivity contribution in [1.82, 2.24) is 0 Å². The van der Waals surface area contributed by atoms with Crippen LogP contribution < -0.4 is 0 Å². The van der Waals surface area contributed by atoms with Crippen LogP contribution in [-0.2, 0) is 6.42 Å². The quantitative estimate of drug-likeness (QED) is 0.456. The van der Waals surface area contributed by atoms with Crippen molar-refractivity contribution < 1.29 is 0 Å². The molecular formula is C27H26. The standard InChI is InChI=1S/C27H26/c1-3-11-22(12-4-1)24-15-16-25(23-13-5-2-6-14-23)27-19-21(18-26(24)27)17-20-9-7-8-10-20/h1-6,11-16,18,20H,7-10,17,19H2. The summed E-state index contributed by atoms with van der Waals surface area (Å²) in [7, 11) is 0. The van der Waals surface area contributed by atoms with E-state index < -0.39 is 0 Å². The summed E-state index contributed by atoms with van der Waals surface area (Å²) in [6.07, 6.45) is 10.6. The van der Waals surface area contributed by atoms with E-state index in [-0.39, 0.29) is 0 Å². The van der Waals surface area contributed by atoms with Crippen LogP contribution in [-0.4, -0.2) is 0 Å². The van der Waals surface area contributed by atoms with Crippen molar-refractivity contribution in [2.24, 2.45) is 5.92 Å². The molecule has 0 saturated heterocycles. The second-order valence-corrected chi connectivity index (χ2v) is 8.12. The van der Waals surface area contributed by atoms with Gasteiger partial charge in [-0.1, -0.05) is 110 Å². The van der Waals surface area contributed by atoms with Crippen LogP contribution in [0.25, 0.3) is 28.3 Å². The Labute approximate surface area is 162 Å². The molecule has 0 N–H and O–H groups in total. The first kappa shape index (κ1) is 16.6. The maximum atomic E-state index is 2.52. The first-order valence-corrected chi connectivity index (χ1v) is 10.3. The molecule has 3 aromatic carbocycles. The predicted molar refractivity (Wildman–Crippen MR) is 116 cm³/mol. The molecule has 0 heterocycles. The van der Waals surface area contributed by atoms with Crippen LogP contribution in [0.15, 0.2) is 78.4 Å². The first-order chi connectivity index (χ1) is 13.4. The summed E-state index contributed by atoms with van der Waals surface area (Å²) in [5, 5.41) is 0. The Morgan fingerprint density at radius 2 is 1.26 bits per heavy atom. The van der Waals surface area contributed by atoms with Gasteiger partial charge in [-0.25, -0.2) is 0 Å². The summed E-state index contributed by atoms with van der Waals surface area (Å²) in [5.41, 5.74) is 10.1. The minimum atomic E-state index is 0.908. The number of benzene rings is 3. The van der Waals surface area contributed by atoms with Crippen LogP contribution in [0.4, 0.5) is 0 Å². The molecule has 1 saturated carbocycles. The molecule has 0 spiro atoms. The molecule has 0 nitrogen and oxygen atoms in total. The highest BCUT2D eigenvalue weighted by atomic mass is 14.3. The lowest BCUT2D eigenvalue weighted by Crippen LogP contribution is -1.97. The molecule has 0 unspecified atom stereocenters. The highest BCUT2D eigenvalue weighted by Gasteiger charge is 2.24. The molecular weight excluding hydrogens is 324 g/mol. The van der Waals surface area contributed by atoms with E-state index in [2.05, 4.69) is 78.9 Å². The molecule has 1 fully saturated rings. The maximum absolute atomic E-state index is 2.52. The fourth-order valence-corrected chi connectivity index (χ4v) is 4.98. The highest BCUT2D eigenvalue weighted by molar-refractivity contribution is 5.87. The highest BCUT2D eigenvalue weighted by Crippen LogP contribution is 2.42. The Morgan fingerprint density at radius 1 is 0.667 bits per heavy atom. The van der Waals surface area contributed by atoms with Crippen molar-refractivity contribution in [2.45, 2.75) is 38.5 Å². The molecule has 2 aliphatic rings. The summed E-state index contributed by atoms with van der Waals surface area (Å²) in [5.74, 6) is 0.908. The van der Waals surface area contributed by atoms with Gasteiger partial charge in [0.05, 0.1) is 0 Å². The summed E-state index contributed by atoms with van der Waals surface area (Å²) in [4.78, 5) is 0. The number of fused-ring (bicyclic) bond motifs is 1.